The molecular weight excluding hydrogens is 243 g/mol. The molecule has 0 amide bonds. The largest absolute Gasteiger partial charge is 0.515 e. The first-order chi connectivity index (χ1) is 8.82. The number of carbonyl (C=O) groups excluding carboxylic acids is 1. The van der Waals surface area contributed by atoms with Gasteiger partial charge in [0, 0.05) is 6.20 Å². The summed E-state index contributed by atoms with van der Waals surface area (Å²) in [5, 5.41) is 9.00. The molecule has 2 heterocycles. The van der Waals surface area contributed by atoms with Crippen molar-refractivity contribution in [1.82, 2.24) is 4.98 Å². The minimum absolute atomic E-state index is 0.225. The predicted octanol–water partition coefficient (Wildman–Crippen LogP) is 1.06. The maximum absolute atomic E-state index is 11.2. The highest BCUT2D eigenvalue weighted by atomic mass is 16.7. The molecule has 0 atom stereocenters. The van der Waals surface area contributed by atoms with E-state index >= 15 is 0 Å². The van der Waals surface area contributed by atoms with Crippen molar-refractivity contribution in [3.63, 3.8) is 0 Å². The zero-order valence-electron chi connectivity index (χ0n) is 11.4. The number of aromatic nitrogens is 1. The molecule has 0 spiro atoms. The normalized spacial score (nSPS) is 20.1. The maximum Gasteiger partial charge on any atom is 0.515 e. The van der Waals surface area contributed by atoms with Gasteiger partial charge >= 0.3 is 7.12 Å². The molecule has 1 aliphatic rings. The molecule has 19 heavy (non-hydrogen) atoms. The third kappa shape index (κ3) is 2.16. The van der Waals surface area contributed by atoms with Crippen LogP contribution in [-0.2, 0) is 9.31 Å². The number of aldehydes is 1. The van der Waals surface area contributed by atoms with Crippen molar-refractivity contribution in [2.45, 2.75) is 38.9 Å². The lowest BCUT2D eigenvalue weighted by Crippen LogP contribution is -2.41. The van der Waals surface area contributed by atoms with Crippen molar-refractivity contribution in [3.8, 4) is 6.07 Å². The third-order valence-electron chi connectivity index (χ3n) is 3.74. The van der Waals surface area contributed by atoms with E-state index in [1.807, 2.05) is 33.8 Å². The highest BCUT2D eigenvalue weighted by Gasteiger charge is 2.53. The topological polar surface area (TPSA) is 72.2 Å². The number of nitrogens with zero attached hydrogens (tertiary/aromatic N) is 2. The second-order valence-corrected chi connectivity index (χ2v) is 5.48. The molecule has 0 aliphatic carbocycles. The molecule has 2 rings (SSSR count). The molecule has 0 saturated carbocycles. The van der Waals surface area contributed by atoms with Crippen LogP contribution in [0.3, 0.4) is 0 Å². The molecule has 6 heteroatoms. The van der Waals surface area contributed by atoms with E-state index in [2.05, 4.69) is 4.98 Å². The Morgan fingerprint density at radius 2 is 1.89 bits per heavy atom. The van der Waals surface area contributed by atoms with E-state index in [1.54, 1.807) is 0 Å². The fourth-order valence-corrected chi connectivity index (χ4v) is 1.85. The van der Waals surface area contributed by atoms with Crippen molar-refractivity contribution in [2.75, 3.05) is 0 Å². The number of pyridine rings is 1. The van der Waals surface area contributed by atoms with Crippen molar-refractivity contribution in [2.24, 2.45) is 0 Å². The van der Waals surface area contributed by atoms with Gasteiger partial charge in [-0.2, -0.15) is 5.26 Å². The van der Waals surface area contributed by atoms with Gasteiger partial charge in [-0.15, -0.1) is 0 Å². The second-order valence-electron chi connectivity index (χ2n) is 5.48. The first-order valence-corrected chi connectivity index (χ1v) is 6.02. The highest BCUT2D eigenvalue weighted by molar-refractivity contribution is 6.62. The first kappa shape index (κ1) is 13.7. The van der Waals surface area contributed by atoms with E-state index in [1.165, 1.54) is 12.3 Å². The number of hydrogen-bond acceptors (Lipinski definition) is 5. The van der Waals surface area contributed by atoms with Gasteiger partial charge in [-0.25, -0.2) is 0 Å². The van der Waals surface area contributed by atoms with Crippen LogP contribution in [0.1, 0.15) is 43.6 Å². The summed E-state index contributed by atoms with van der Waals surface area (Å²) in [6, 6.07) is 3.47. The summed E-state index contributed by atoms with van der Waals surface area (Å²) < 4.78 is 11.7. The van der Waals surface area contributed by atoms with Crippen LogP contribution in [0.15, 0.2) is 12.3 Å². The summed E-state index contributed by atoms with van der Waals surface area (Å²) in [5.41, 5.74) is -0.171. The second kappa shape index (κ2) is 4.44. The van der Waals surface area contributed by atoms with Crippen molar-refractivity contribution in [1.29, 1.82) is 5.26 Å². The summed E-state index contributed by atoms with van der Waals surface area (Å²) in [6.45, 7) is 7.67. The molecular formula is C13H15BN2O3. The van der Waals surface area contributed by atoms with Crippen molar-refractivity contribution in [3.05, 3.63) is 23.4 Å². The van der Waals surface area contributed by atoms with Crippen LogP contribution < -0.4 is 5.59 Å². The van der Waals surface area contributed by atoms with Crippen molar-refractivity contribution < 1.29 is 14.1 Å². The van der Waals surface area contributed by atoms with E-state index in [0.29, 0.717) is 11.9 Å². The summed E-state index contributed by atoms with van der Waals surface area (Å²) in [5.74, 6) is 0. The van der Waals surface area contributed by atoms with Crippen LogP contribution in [0.5, 0.6) is 0 Å². The van der Waals surface area contributed by atoms with Crippen LogP contribution in [0.4, 0.5) is 0 Å². The summed E-state index contributed by atoms with van der Waals surface area (Å²) in [4.78, 5) is 15.3. The van der Waals surface area contributed by atoms with Gasteiger partial charge in [0.25, 0.3) is 0 Å². The molecule has 0 aromatic carbocycles. The summed E-state index contributed by atoms with van der Waals surface area (Å²) >= 11 is 0. The van der Waals surface area contributed by atoms with Crippen LogP contribution in [0, 0.1) is 11.3 Å². The Hall–Kier alpha value is -1.71. The van der Waals surface area contributed by atoms with Gasteiger partial charge in [0.15, 0.2) is 6.29 Å². The molecule has 1 aromatic rings. The Kier molecular flexibility index (Phi) is 3.21. The summed E-state index contributed by atoms with van der Waals surface area (Å²) in [7, 11) is -0.738. The monoisotopic (exact) mass is 258 g/mol. The predicted molar refractivity (Wildman–Crippen MR) is 70.1 cm³/mol. The fraction of sp³-hybridized carbons (Fsp3) is 0.462. The highest BCUT2D eigenvalue weighted by Crippen LogP contribution is 2.36. The van der Waals surface area contributed by atoms with Crippen LogP contribution in [0.25, 0.3) is 0 Å². The molecule has 1 aromatic heterocycles. The number of nitriles is 1. The van der Waals surface area contributed by atoms with Gasteiger partial charge < -0.3 is 9.31 Å². The average molecular weight is 258 g/mol. The van der Waals surface area contributed by atoms with Crippen LogP contribution in [0.2, 0.25) is 0 Å². The molecule has 0 radical (unpaired) electrons. The van der Waals surface area contributed by atoms with Crippen LogP contribution >= 0.6 is 0 Å². The minimum atomic E-state index is -0.738. The van der Waals surface area contributed by atoms with Gasteiger partial charge in [0.05, 0.1) is 34.0 Å². The SMILES string of the molecule is CC1(C)OB(c2nccc(C#N)c2C=O)OC1(C)C. The van der Waals surface area contributed by atoms with E-state index in [4.69, 9.17) is 14.6 Å². The number of carbonyl (C=O) groups is 1. The molecule has 0 unspecified atom stereocenters. The van der Waals surface area contributed by atoms with E-state index in [0.717, 1.165) is 0 Å². The fourth-order valence-electron chi connectivity index (χ4n) is 1.85. The average Bonchev–Trinajstić information content (AvgIpc) is 2.57. The molecule has 5 nitrogen and oxygen atoms in total. The van der Waals surface area contributed by atoms with E-state index in [-0.39, 0.29) is 11.1 Å². The Balaban J connectivity index is 2.46. The Morgan fingerprint density at radius 1 is 1.32 bits per heavy atom. The molecule has 0 bridgehead atoms. The number of hydrogen-bond donors (Lipinski definition) is 0. The lowest BCUT2D eigenvalue weighted by molar-refractivity contribution is 0.00578. The smallest absolute Gasteiger partial charge is 0.398 e. The molecule has 1 aliphatic heterocycles. The third-order valence-corrected chi connectivity index (χ3v) is 3.74. The standard InChI is InChI=1S/C13H15BN2O3/c1-12(2)13(3,4)19-14(18-12)11-10(8-17)9(7-15)5-6-16-11/h5-6,8H,1-4H3. The zero-order chi connectivity index (χ0) is 14.3. The Bertz CT molecular complexity index is 547. The quantitative estimate of drug-likeness (QED) is 0.586. The van der Waals surface area contributed by atoms with E-state index in [9.17, 15) is 4.79 Å². The Morgan fingerprint density at radius 3 is 2.37 bits per heavy atom. The van der Waals surface area contributed by atoms with E-state index < -0.39 is 18.3 Å². The minimum Gasteiger partial charge on any atom is -0.398 e. The Labute approximate surface area is 112 Å². The van der Waals surface area contributed by atoms with Crippen molar-refractivity contribution >= 4 is 19.0 Å². The molecule has 1 saturated heterocycles. The van der Waals surface area contributed by atoms with Gasteiger partial charge in [0.2, 0.25) is 0 Å². The number of rotatable bonds is 2. The first-order valence-electron chi connectivity index (χ1n) is 6.02. The van der Waals surface area contributed by atoms with Crippen LogP contribution in [-0.4, -0.2) is 29.6 Å². The lowest BCUT2D eigenvalue weighted by atomic mass is 9.80. The zero-order valence-corrected chi connectivity index (χ0v) is 11.4. The van der Waals surface area contributed by atoms with Gasteiger partial charge in [-0.3, -0.25) is 9.78 Å². The maximum atomic E-state index is 11.2. The molecule has 1 fully saturated rings. The molecule has 0 N–H and O–H groups in total. The molecule has 98 valence electrons. The summed E-state index contributed by atoms with van der Waals surface area (Å²) in [6.07, 6.45) is 2.10. The van der Waals surface area contributed by atoms with Gasteiger partial charge in [-0.1, -0.05) is 0 Å². The van der Waals surface area contributed by atoms with Gasteiger partial charge in [0.1, 0.15) is 0 Å². The lowest BCUT2D eigenvalue weighted by Gasteiger charge is -2.32. The van der Waals surface area contributed by atoms with Gasteiger partial charge in [-0.05, 0) is 33.8 Å².